The number of carbonyl (C=O) groups excluding carboxylic acids is 1. The number of fused-ring (bicyclic) bond motifs is 1. The zero-order valence-corrected chi connectivity index (χ0v) is 21.7. The first-order chi connectivity index (χ1) is 18.0. The number of anilines is 2. The lowest BCUT2D eigenvalue weighted by atomic mass is 10.1. The zero-order valence-electron chi connectivity index (χ0n) is 21.7. The topological polar surface area (TPSA) is 92.3 Å². The predicted molar refractivity (Wildman–Crippen MR) is 148 cm³/mol. The minimum Gasteiger partial charge on any atom is -0.455 e. The van der Waals surface area contributed by atoms with E-state index in [1.807, 2.05) is 88.4 Å². The highest BCUT2D eigenvalue weighted by Gasteiger charge is 2.09. The lowest BCUT2D eigenvalue weighted by Gasteiger charge is -2.18. The Bertz CT molecular complexity index is 1400. The molecule has 0 aliphatic carbocycles. The fourth-order valence-electron chi connectivity index (χ4n) is 3.86. The molecule has 8 heteroatoms. The maximum absolute atomic E-state index is 12.1. The molecule has 2 amide bonds. The number of urea groups is 1. The van der Waals surface area contributed by atoms with Gasteiger partial charge in [0.25, 0.3) is 0 Å². The number of nitrogens with one attached hydrogen (secondary N) is 2. The maximum Gasteiger partial charge on any atom is 0.317 e. The second-order valence-corrected chi connectivity index (χ2v) is 8.60. The lowest BCUT2D eigenvalue weighted by molar-refractivity contribution is 0.204. The van der Waals surface area contributed by atoms with Gasteiger partial charge in [0.05, 0.1) is 11.7 Å². The molecule has 8 nitrogen and oxygen atoms in total. The Morgan fingerprint density at radius 2 is 1.84 bits per heavy atom. The Morgan fingerprint density at radius 1 is 1.00 bits per heavy atom. The number of hydrogen-bond acceptors (Lipinski definition) is 6. The van der Waals surface area contributed by atoms with Gasteiger partial charge in [-0.3, -0.25) is 4.98 Å². The molecule has 190 valence electrons. The molecule has 0 radical (unpaired) electrons. The van der Waals surface area contributed by atoms with Crippen LogP contribution < -0.4 is 15.4 Å². The van der Waals surface area contributed by atoms with Crippen molar-refractivity contribution in [2.24, 2.45) is 0 Å². The van der Waals surface area contributed by atoms with E-state index in [0.717, 1.165) is 39.2 Å². The molecule has 0 saturated heterocycles. The second-order valence-electron chi connectivity index (χ2n) is 8.60. The van der Waals surface area contributed by atoms with E-state index >= 15 is 0 Å². The lowest BCUT2D eigenvalue weighted by Crippen LogP contribution is -2.39. The Labute approximate surface area is 217 Å². The van der Waals surface area contributed by atoms with E-state index in [0.29, 0.717) is 31.2 Å². The number of hydrogen-bond donors (Lipinski definition) is 2. The van der Waals surface area contributed by atoms with Gasteiger partial charge >= 0.3 is 6.03 Å². The van der Waals surface area contributed by atoms with E-state index in [1.54, 1.807) is 17.4 Å². The molecule has 0 aliphatic rings. The quantitative estimate of drug-likeness (QED) is 0.285. The summed E-state index contributed by atoms with van der Waals surface area (Å²) in [7, 11) is 0. The summed E-state index contributed by atoms with van der Waals surface area (Å²) < 4.78 is 5.99. The molecule has 2 aromatic heterocycles. The number of aromatic nitrogens is 3. The molecule has 2 heterocycles. The van der Waals surface area contributed by atoms with E-state index in [-0.39, 0.29) is 6.03 Å². The van der Waals surface area contributed by atoms with Crippen molar-refractivity contribution in [1.29, 1.82) is 0 Å². The summed E-state index contributed by atoms with van der Waals surface area (Å²) in [4.78, 5) is 27.0. The number of rotatable bonds is 9. The molecule has 0 saturated carbocycles. The molecule has 0 fully saturated rings. The van der Waals surface area contributed by atoms with Crippen LogP contribution in [0.5, 0.6) is 11.5 Å². The largest absolute Gasteiger partial charge is 0.455 e. The van der Waals surface area contributed by atoms with Gasteiger partial charge in [-0.15, -0.1) is 0 Å². The summed E-state index contributed by atoms with van der Waals surface area (Å²) in [5, 5.41) is 7.23. The first-order valence-electron chi connectivity index (χ1n) is 12.4. The van der Waals surface area contributed by atoms with Crippen LogP contribution >= 0.6 is 0 Å². The van der Waals surface area contributed by atoms with Crippen molar-refractivity contribution in [3.05, 3.63) is 84.0 Å². The van der Waals surface area contributed by atoms with Crippen LogP contribution in [0.25, 0.3) is 17.0 Å². The molecule has 0 aliphatic heterocycles. The smallest absolute Gasteiger partial charge is 0.317 e. The minimum absolute atomic E-state index is 0.0599. The van der Waals surface area contributed by atoms with Crippen LogP contribution in [0, 0.1) is 13.8 Å². The second kappa shape index (κ2) is 12.0. The van der Waals surface area contributed by atoms with E-state index in [1.165, 1.54) is 0 Å². The average Bonchev–Trinajstić information content (AvgIpc) is 2.90. The molecule has 2 N–H and O–H groups in total. The highest BCUT2D eigenvalue weighted by atomic mass is 16.5. The van der Waals surface area contributed by atoms with Crippen molar-refractivity contribution in [3.8, 4) is 11.5 Å². The Morgan fingerprint density at radius 3 is 2.57 bits per heavy atom. The van der Waals surface area contributed by atoms with Crippen molar-refractivity contribution in [3.63, 3.8) is 0 Å². The van der Waals surface area contributed by atoms with Crippen molar-refractivity contribution in [2.45, 2.75) is 27.7 Å². The van der Waals surface area contributed by atoms with Gasteiger partial charge in [0.1, 0.15) is 23.6 Å². The van der Waals surface area contributed by atoms with E-state index < -0.39 is 0 Å². The molecule has 4 rings (SSSR count). The molecule has 4 aromatic rings. The fourth-order valence-corrected chi connectivity index (χ4v) is 3.86. The van der Waals surface area contributed by atoms with Crippen molar-refractivity contribution in [2.75, 3.05) is 25.0 Å². The molecule has 0 unspecified atom stereocenters. The van der Waals surface area contributed by atoms with Crippen molar-refractivity contribution in [1.82, 2.24) is 25.2 Å². The van der Waals surface area contributed by atoms with Crippen molar-refractivity contribution < 1.29 is 9.53 Å². The summed E-state index contributed by atoms with van der Waals surface area (Å²) in [5.74, 6) is 2.18. The Hall–Kier alpha value is -4.46. The van der Waals surface area contributed by atoms with Gasteiger partial charge in [-0.05, 0) is 81.3 Å². The highest BCUT2D eigenvalue weighted by Crippen LogP contribution is 2.30. The first kappa shape index (κ1) is 25.6. The van der Waals surface area contributed by atoms with Crippen LogP contribution in [0.2, 0.25) is 0 Å². The van der Waals surface area contributed by atoms with Crippen LogP contribution in [0.4, 0.5) is 16.3 Å². The summed E-state index contributed by atoms with van der Waals surface area (Å²) in [6.45, 7) is 9.71. The van der Waals surface area contributed by atoms with Gasteiger partial charge in [0.2, 0.25) is 0 Å². The van der Waals surface area contributed by atoms with Gasteiger partial charge in [-0.1, -0.05) is 18.2 Å². The third-order valence-corrected chi connectivity index (χ3v) is 5.94. The Kier molecular flexibility index (Phi) is 8.30. The fraction of sp³-hybridized carbons (Fsp3) is 0.241. The summed E-state index contributed by atoms with van der Waals surface area (Å²) in [6, 6.07) is 15.7. The maximum atomic E-state index is 12.1. The normalized spacial score (nSPS) is 11.0. The van der Waals surface area contributed by atoms with Crippen LogP contribution in [0.3, 0.4) is 0 Å². The molecule has 0 spiro atoms. The molecule has 2 aromatic carbocycles. The predicted octanol–water partition coefficient (Wildman–Crippen LogP) is 6.24. The van der Waals surface area contributed by atoms with Gasteiger partial charge in [0, 0.05) is 36.4 Å². The average molecular weight is 497 g/mol. The van der Waals surface area contributed by atoms with E-state index in [4.69, 9.17) is 4.74 Å². The number of ether oxygens (including phenoxy) is 1. The standard InChI is InChI=1S/C29H32N6O2/c1-5-35(6-2)29(36)30-15-7-8-22-10-13-26-25(17-22)28(33-19-32-26)34-23-11-14-27(20(3)16-23)37-24-12-9-21(4)31-18-24/h7-14,16-19H,5-6,15H2,1-4H3,(H,30,36)(H,32,33,34). The third-order valence-electron chi connectivity index (χ3n) is 5.94. The minimum atomic E-state index is -0.0599. The number of carbonyl (C=O) groups is 1. The zero-order chi connectivity index (χ0) is 26.2. The number of benzene rings is 2. The number of amides is 2. The SMILES string of the molecule is CCN(CC)C(=O)NCC=Cc1ccc2ncnc(Nc3ccc(Oc4ccc(C)nc4)c(C)c3)c2c1. The van der Waals surface area contributed by atoms with Gasteiger partial charge in [0.15, 0.2) is 0 Å². The summed E-state index contributed by atoms with van der Waals surface area (Å²) >= 11 is 0. The van der Waals surface area contributed by atoms with E-state index in [2.05, 4.69) is 25.6 Å². The highest BCUT2D eigenvalue weighted by molar-refractivity contribution is 5.92. The molecule has 0 atom stereocenters. The van der Waals surface area contributed by atoms with Crippen LogP contribution in [-0.2, 0) is 0 Å². The van der Waals surface area contributed by atoms with Crippen LogP contribution in [0.15, 0.2) is 67.1 Å². The monoisotopic (exact) mass is 496 g/mol. The molecular formula is C29H32N6O2. The van der Waals surface area contributed by atoms with Gasteiger partial charge < -0.3 is 20.3 Å². The van der Waals surface area contributed by atoms with Gasteiger partial charge in [-0.25, -0.2) is 14.8 Å². The van der Waals surface area contributed by atoms with E-state index in [9.17, 15) is 4.79 Å². The Balaban J connectivity index is 1.47. The third kappa shape index (κ3) is 6.61. The number of aryl methyl sites for hydroxylation is 2. The number of pyridine rings is 1. The molecule has 0 bridgehead atoms. The molecular weight excluding hydrogens is 464 g/mol. The van der Waals surface area contributed by atoms with Gasteiger partial charge in [-0.2, -0.15) is 0 Å². The first-order valence-corrected chi connectivity index (χ1v) is 12.4. The van der Waals surface area contributed by atoms with Crippen LogP contribution in [0.1, 0.15) is 30.7 Å². The summed E-state index contributed by atoms with van der Waals surface area (Å²) in [5.41, 5.74) is 4.66. The van der Waals surface area contributed by atoms with Crippen LogP contribution in [-0.4, -0.2) is 45.5 Å². The number of nitrogens with zero attached hydrogens (tertiary/aromatic N) is 4. The summed E-state index contributed by atoms with van der Waals surface area (Å²) in [6.07, 6.45) is 7.19. The van der Waals surface area contributed by atoms with Crippen molar-refractivity contribution >= 4 is 34.5 Å². The molecule has 37 heavy (non-hydrogen) atoms.